The molecule has 0 aromatic heterocycles. The van der Waals surface area contributed by atoms with Gasteiger partial charge in [0.2, 0.25) is 5.91 Å². The van der Waals surface area contributed by atoms with Gasteiger partial charge in [0.1, 0.15) is 5.82 Å². The molecule has 1 aliphatic rings. The highest BCUT2D eigenvalue weighted by molar-refractivity contribution is 5.87. The number of benzene rings is 1. The predicted molar refractivity (Wildman–Crippen MR) is 89.6 cm³/mol. The lowest BCUT2D eigenvalue weighted by molar-refractivity contribution is -0.137. The Labute approximate surface area is 138 Å². The van der Waals surface area contributed by atoms with Crippen molar-refractivity contribution in [3.63, 3.8) is 0 Å². The maximum atomic E-state index is 14.0. The van der Waals surface area contributed by atoms with Crippen molar-refractivity contribution in [2.24, 2.45) is 11.7 Å². The minimum absolute atomic E-state index is 0. The summed E-state index contributed by atoms with van der Waals surface area (Å²) in [5.41, 5.74) is 5.55. The van der Waals surface area contributed by atoms with E-state index < -0.39 is 5.41 Å². The number of hydrogen-bond acceptors (Lipinski definition) is 2. The summed E-state index contributed by atoms with van der Waals surface area (Å²) in [6, 6.07) is 6.69. The van der Waals surface area contributed by atoms with E-state index in [1.165, 1.54) is 6.07 Å². The lowest BCUT2D eigenvalue weighted by Gasteiger charge is -2.38. The Bertz CT molecular complexity index is 511. The molecule has 1 fully saturated rings. The van der Waals surface area contributed by atoms with Crippen LogP contribution in [-0.2, 0) is 10.2 Å². The fourth-order valence-electron chi connectivity index (χ4n) is 3.11. The number of nitrogens with zero attached hydrogens (tertiary/aromatic N) is 1. The van der Waals surface area contributed by atoms with Crippen molar-refractivity contribution >= 4 is 18.3 Å². The van der Waals surface area contributed by atoms with Crippen LogP contribution in [0, 0.1) is 11.7 Å². The molecule has 0 spiro atoms. The molecule has 22 heavy (non-hydrogen) atoms. The first kappa shape index (κ1) is 18.9. The Hall–Kier alpha value is -1.13. The minimum atomic E-state index is -0.841. The van der Waals surface area contributed by atoms with Gasteiger partial charge in [-0.1, -0.05) is 18.2 Å². The van der Waals surface area contributed by atoms with Gasteiger partial charge in [0.05, 0.1) is 5.41 Å². The smallest absolute Gasteiger partial charge is 0.232 e. The number of nitrogens with two attached hydrogens (primary N) is 1. The first-order chi connectivity index (χ1) is 9.84. The predicted octanol–water partition coefficient (Wildman–Crippen LogP) is 3.11. The quantitative estimate of drug-likeness (QED) is 0.926. The van der Waals surface area contributed by atoms with E-state index in [0.29, 0.717) is 24.6 Å². The second-order valence-corrected chi connectivity index (χ2v) is 6.59. The molecule has 0 aliphatic carbocycles. The van der Waals surface area contributed by atoms with Crippen molar-refractivity contribution in [1.29, 1.82) is 0 Å². The number of halogens is 2. The third-order valence-electron chi connectivity index (χ3n) is 4.65. The summed E-state index contributed by atoms with van der Waals surface area (Å²) in [4.78, 5) is 14.6. The number of hydrogen-bond donors (Lipinski definition) is 1. The Balaban J connectivity index is 0.00000242. The zero-order chi connectivity index (χ0) is 15.6. The Kier molecular flexibility index (Phi) is 6.38. The maximum absolute atomic E-state index is 14.0. The van der Waals surface area contributed by atoms with Gasteiger partial charge in [0, 0.05) is 24.7 Å². The SMILES string of the molecule is CC(N)C1CCN(C(=O)C(C)(C)c2ccccc2F)CC1.Cl. The summed E-state index contributed by atoms with van der Waals surface area (Å²) < 4.78 is 14.0. The van der Waals surface area contributed by atoms with Crippen LogP contribution in [0.5, 0.6) is 0 Å². The van der Waals surface area contributed by atoms with Gasteiger partial charge in [-0.3, -0.25) is 4.79 Å². The molecule has 2 rings (SSSR count). The van der Waals surface area contributed by atoms with Gasteiger partial charge in [-0.2, -0.15) is 0 Å². The summed E-state index contributed by atoms with van der Waals surface area (Å²) in [5, 5.41) is 0. The van der Waals surface area contributed by atoms with Crippen LogP contribution in [0.25, 0.3) is 0 Å². The van der Waals surface area contributed by atoms with Crippen LogP contribution in [0.2, 0.25) is 0 Å². The zero-order valence-electron chi connectivity index (χ0n) is 13.5. The van der Waals surface area contributed by atoms with Crippen molar-refractivity contribution in [2.75, 3.05) is 13.1 Å². The summed E-state index contributed by atoms with van der Waals surface area (Å²) in [7, 11) is 0. The van der Waals surface area contributed by atoms with Crippen LogP contribution < -0.4 is 5.73 Å². The summed E-state index contributed by atoms with van der Waals surface area (Å²) in [5.74, 6) is 0.155. The van der Waals surface area contributed by atoms with Crippen LogP contribution in [0.15, 0.2) is 24.3 Å². The van der Waals surface area contributed by atoms with Gasteiger partial charge in [-0.05, 0) is 45.6 Å². The van der Waals surface area contributed by atoms with Crippen LogP contribution in [0.3, 0.4) is 0 Å². The monoisotopic (exact) mass is 328 g/mol. The molecule has 0 radical (unpaired) electrons. The van der Waals surface area contributed by atoms with Gasteiger partial charge < -0.3 is 10.6 Å². The molecule has 1 amide bonds. The molecule has 0 bridgehead atoms. The molecule has 1 atom stereocenters. The Morgan fingerprint density at radius 3 is 2.36 bits per heavy atom. The summed E-state index contributed by atoms with van der Waals surface area (Å²) in [6.07, 6.45) is 1.85. The van der Waals surface area contributed by atoms with Crippen LogP contribution in [0.4, 0.5) is 4.39 Å². The van der Waals surface area contributed by atoms with Gasteiger partial charge in [-0.15, -0.1) is 12.4 Å². The molecule has 0 saturated carbocycles. The second-order valence-electron chi connectivity index (χ2n) is 6.59. The highest BCUT2D eigenvalue weighted by atomic mass is 35.5. The number of carbonyl (C=O) groups is 1. The van der Waals surface area contributed by atoms with E-state index in [0.717, 1.165) is 12.8 Å². The summed E-state index contributed by atoms with van der Waals surface area (Å²) >= 11 is 0. The first-order valence-electron chi connectivity index (χ1n) is 7.64. The van der Waals surface area contributed by atoms with E-state index in [2.05, 4.69) is 0 Å². The molecule has 5 heteroatoms. The Morgan fingerprint density at radius 1 is 1.32 bits per heavy atom. The van der Waals surface area contributed by atoms with Gasteiger partial charge >= 0.3 is 0 Å². The third-order valence-corrected chi connectivity index (χ3v) is 4.65. The first-order valence-corrected chi connectivity index (χ1v) is 7.64. The van der Waals surface area contributed by atoms with E-state index >= 15 is 0 Å². The van der Waals surface area contributed by atoms with Crippen molar-refractivity contribution < 1.29 is 9.18 Å². The molecule has 1 aromatic rings. The zero-order valence-corrected chi connectivity index (χ0v) is 14.3. The molecule has 1 aliphatic heterocycles. The Morgan fingerprint density at radius 2 is 1.86 bits per heavy atom. The van der Waals surface area contributed by atoms with E-state index in [1.807, 2.05) is 11.8 Å². The third kappa shape index (κ3) is 3.79. The van der Waals surface area contributed by atoms with E-state index in [-0.39, 0.29) is 30.2 Å². The average molecular weight is 329 g/mol. The van der Waals surface area contributed by atoms with Crippen LogP contribution >= 0.6 is 12.4 Å². The highest BCUT2D eigenvalue weighted by Crippen LogP contribution is 2.30. The molecule has 1 unspecified atom stereocenters. The molecule has 3 nitrogen and oxygen atoms in total. The molecule has 1 aromatic carbocycles. The van der Waals surface area contributed by atoms with E-state index in [4.69, 9.17) is 5.73 Å². The number of carbonyl (C=O) groups excluding carboxylic acids is 1. The fourth-order valence-corrected chi connectivity index (χ4v) is 3.11. The molecule has 1 heterocycles. The summed E-state index contributed by atoms with van der Waals surface area (Å²) in [6.45, 7) is 7.04. The largest absolute Gasteiger partial charge is 0.342 e. The fraction of sp³-hybridized carbons (Fsp3) is 0.588. The lowest BCUT2D eigenvalue weighted by Crippen LogP contribution is -2.49. The van der Waals surface area contributed by atoms with Crippen LogP contribution in [0.1, 0.15) is 39.2 Å². The molecule has 2 N–H and O–H groups in total. The highest BCUT2D eigenvalue weighted by Gasteiger charge is 2.37. The van der Waals surface area contributed by atoms with E-state index in [9.17, 15) is 9.18 Å². The maximum Gasteiger partial charge on any atom is 0.232 e. The van der Waals surface area contributed by atoms with Crippen molar-refractivity contribution in [3.05, 3.63) is 35.6 Å². The van der Waals surface area contributed by atoms with Crippen molar-refractivity contribution in [3.8, 4) is 0 Å². The lowest BCUT2D eigenvalue weighted by atomic mass is 9.81. The minimum Gasteiger partial charge on any atom is -0.342 e. The standard InChI is InChI=1S/C17H25FN2O.ClH/c1-12(19)13-8-10-20(11-9-13)16(21)17(2,3)14-6-4-5-7-15(14)18;/h4-7,12-13H,8-11,19H2,1-3H3;1H. The van der Waals surface area contributed by atoms with Gasteiger partial charge in [0.15, 0.2) is 0 Å². The average Bonchev–Trinajstić information content (AvgIpc) is 2.46. The van der Waals surface area contributed by atoms with Gasteiger partial charge in [0.25, 0.3) is 0 Å². The topological polar surface area (TPSA) is 46.3 Å². The normalized spacial score (nSPS) is 17.8. The van der Waals surface area contributed by atoms with E-state index in [1.54, 1.807) is 32.0 Å². The second kappa shape index (κ2) is 7.42. The molecular formula is C17H26ClFN2O. The number of amides is 1. The van der Waals surface area contributed by atoms with Crippen LogP contribution in [-0.4, -0.2) is 29.9 Å². The van der Waals surface area contributed by atoms with Gasteiger partial charge in [-0.25, -0.2) is 4.39 Å². The number of likely N-dealkylation sites (tertiary alicyclic amines) is 1. The molecular weight excluding hydrogens is 303 g/mol. The van der Waals surface area contributed by atoms with Crippen molar-refractivity contribution in [1.82, 2.24) is 4.90 Å². The number of piperidine rings is 1. The number of rotatable bonds is 3. The van der Waals surface area contributed by atoms with Crippen molar-refractivity contribution in [2.45, 2.75) is 45.1 Å². The molecule has 1 saturated heterocycles. The molecule has 124 valence electrons.